The minimum absolute atomic E-state index is 0.191. The monoisotopic (exact) mass is 824 g/mol. The minimum Gasteiger partial charge on any atom is -0.507 e. The maximum Gasteiger partial charge on any atom is 0.125 e. The van der Waals surface area contributed by atoms with E-state index < -0.39 is 0 Å². The van der Waals surface area contributed by atoms with Gasteiger partial charge in [0.2, 0.25) is 0 Å². The van der Waals surface area contributed by atoms with Crippen LogP contribution >= 0.6 is 0 Å². The van der Waals surface area contributed by atoms with Gasteiger partial charge in [0.05, 0.1) is 0 Å². The lowest BCUT2D eigenvalue weighted by atomic mass is 9.93. The predicted molar refractivity (Wildman–Crippen MR) is 264 cm³/mol. The van der Waals surface area contributed by atoms with Crippen LogP contribution in [0.15, 0.2) is 216 Å². The van der Waals surface area contributed by atoms with Crippen molar-refractivity contribution in [2.75, 3.05) is 22.9 Å². The molecule has 0 spiro atoms. The molecule has 0 saturated carbocycles. The number of hydrogen-bond acceptors (Lipinski definition) is 6. The molecular formula is C57H52N4O2. The number of phenols is 2. The van der Waals surface area contributed by atoms with E-state index in [0.717, 1.165) is 67.8 Å². The number of benzene rings is 8. The molecule has 6 nitrogen and oxygen atoms in total. The Morgan fingerprint density at radius 1 is 0.381 bits per heavy atom. The molecule has 8 aromatic carbocycles. The van der Waals surface area contributed by atoms with Crippen LogP contribution in [0, 0.1) is 5.41 Å². The maximum atomic E-state index is 11.2. The Hall–Kier alpha value is -7.70. The molecule has 0 saturated heterocycles. The number of aromatic hydroxyl groups is 2. The van der Waals surface area contributed by atoms with Gasteiger partial charge in [-0.15, -0.1) is 0 Å². The van der Waals surface area contributed by atoms with Gasteiger partial charge in [-0.25, -0.2) is 0 Å². The maximum absolute atomic E-state index is 11.2. The van der Waals surface area contributed by atoms with Crippen molar-refractivity contribution >= 4 is 45.5 Å². The molecule has 8 aromatic rings. The Morgan fingerprint density at radius 3 is 0.937 bits per heavy atom. The highest BCUT2D eigenvalue weighted by atomic mass is 16.3. The summed E-state index contributed by atoms with van der Waals surface area (Å²) in [5, 5.41) is 22.4. The first kappa shape index (κ1) is 42.0. The summed E-state index contributed by atoms with van der Waals surface area (Å²) >= 11 is 0. The molecule has 0 fully saturated rings. The van der Waals surface area contributed by atoms with Crippen LogP contribution in [0.3, 0.4) is 0 Å². The van der Waals surface area contributed by atoms with Crippen molar-refractivity contribution in [3.05, 3.63) is 217 Å². The zero-order valence-electron chi connectivity index (χ0n) is 36.2. The lowest BCUT2D eigenvalue weighted by Gasteiger charge is -2.25. The van der Waals surface area contributed by atoms with E-state index in [-0.39, 0.29) is 16.9 Å². The normalized spacial score (nSPS) is 11.9. The summed E-state index contributed by atoms with van der Waals surface area (Å²) in [6.07, 6.45) is 0. The lowest BCUT2D eigenvalue weighted by Crippen LogP contribution is -2.21. The third-order valence-electron chi connectivity index (χ3n) is 11.2. The molecule has 0 amide bonds. The van der Waals surface area contributed by atoms with E-state index in [9.17, 15) is 10.2 Å². The predicted octanol–water partition coefficient (Wildman–Crippen LogP) is 14.7. The second-order valence-electron chi connectivity index (χ2n) is 16.5. The quantitative estimate of drug-likeness (QED) is 0.107. The Kier molecular flexibility index (Phi) is 12.6. The molecule has 0 radical (unpaired) electrons. The number of hydrogen-bond donors (Lipinski definition) is 2. The first-order valence-electron chi connectivity index (χ1n) is 21.3. The highest BCUT2D eigenvalue weighted by molar-refractivity contribution is 6.02. The molecule has 8 rings (SSSR count). The Balaban J connectivity index is 0.909. The topological polar surface area (TPSA) is 71.7 Å². The van der Waals surface area contributed by atoms with Gasteiger partial charge < -0.3 is 20.0 Å². The van der Waals surface area contributed by atoms with Crippen molar-refractivity contribution < 1.29 is 10.2 Å². The van der Waals surface area contributed by atoms with Gasteiger partial charge in [0.15, 0.2) is 0 Å². The number of nitrogens with zero attached hydrogens (tertiary/aromatic N) is 4. The molecule has 0 unspecified atom stereocenters. The zero-order valence-corrected chi connectivity index (χ0v) is 36.2. The standard InChI is InChI=1S/C57H52N4O2/c1-41(53-35-29-45(37-55(53)62)43-25-31-51(32-26-43)60(47-17-9-5-10-18-47)48-19-11-6-12-20-48)58-39-57(3,4)40-59-42(2)54-36-30-46(38-56(54)63)44-27-33-52(34-28-44)61(49-21-13-7-14-22-49)50-23-15-8-16-24-50/h5-38,62-63H,39-40H2,1-4H3/b58-41+,59-42+. The molecule has 0 aliphatic heterocycles. The number of phenolic OH excluding ortho intramolecular Hbond substituents is 2. The molecular weight excluding hydrogens is 773 g/mol. The lowest BCUT2D eigenvalue weighted by molar-refractivity contribution is 0.395. The summed E-state index contributed by atoms with van der Waals surface area (Å²) < 4.78 is 0. The molecule has 0 bridgehead atoms. The van der Waals surface area contributed by atoms with Crippen LogP contribution < -0.4 is 9.80 Å². The van der Waals surface area contributed by atoms with Crippen LogP contribution in [0.5, 0.6) is 11.5 Å². The van der Waals surface area contributed by atoms with Crippen LogP contribution in [0.4, 0.5) is 34.1 Å². The van der Waals surface area contributed by atoms with Gasteiger partial charge in [0.25, 0.3) is 0 Å². The molecule has 6 heteroatoms. The van der Waals surface area contributed by atoms with E-state index in [1.54, 1.807) is 0 Å². The summed E-state index contributed by atoms with van der Waals surface area (Å²) in [6, 6.07) is 69.7. The molecule has 63 heavy (non-hydrogen) atoms. The largest absolute Gasteiger partial charge is 0.507 e. The first-order valence-corrected chi connectivity index (χ1v) is 21.3. The summed E-state index contributed by atoms with van der Waals surface area (Å²) in [4.78, 5) is 14.3. The van der Waals surface area contributed by atoms with Crippen LogP contribution in [0.1, 0.15) is 38.8 Å². The van der Waals surface area contributed by atoms with Gasteiger partial charge in [0.1, 0.15) is 11.5 Å². The van der Waals surface area contributed by atoms with Crippen molar-refractivity contribution in [2.45, 2.75) is 27.7 Å². The first-order chi connectivity index (χ1) is 30.6. The minimum atomic E-state index is -0.266. The average molecular weight is 825 g/mol. The second-order valence-corrected chi connectivity index (χ2v) is 16.5. The Labute approximate surface area is 371 Å². The van der Waals surface area contributed by atoms with E-state index in [1.165, 1.54) is 0 Å². The van der Waals surface area contributed by atoms with Crippen LogP contribution in [-0.2, 0) is 0 Å². The fourth-order valence-corrected chi connectivity index (χ4v) is 7.73. The van der Waals surface area contributed by atoms with Crippen LogP contribution in [0.25, 0.3) is 22.3 Å². The van der Waals surface area contributed by atoms with Crippen molar-refractivity contribution in [1.82, 2.24) is 0 Å². The third-order valence-corrected chi connectivity index (χ3v) is 11.2. The van der Waals surface area contributed by atoms with Gasteiger partial charge in [-0.3, -0.25) is 9.98 Å². The molecule has 2 N–H and O–H groups in total. The SMILES string of the molecule is C/C(=N\CC(C)(C)C/N=C(\C)c1ccc(-c2ccc(N(c3ccccc3)c3ccccc3)cc2)cc1O)c1ccc(-c2ccc(N(c3ccccc3)c3ccccc3)cc2)cc1O. The molecule has 0 aliphatic carbocycles. The number of rotatable bonds is 14. The average Bonchev–Trinajstić information content (AvgIpc) is 3.32. The van der Waals surface area contributed by atoms with Gasteiger partial charge in [-0.1, -0.05) is 123 Å². The van der Waals surface area contributed by atoms with Gasteiger partial charge in [-0.2, -0.15) is 0 Å². The molecule has 0 heterocycles. The molecule has 0 atom stereocenters. The van der Waals surface area contributed by atoms with E-state index >= 15 is 0 Å². The summed E-state index contributed by atoms with van der Waals surface area (Å²) in [5.74, 6) is 0.381. The fraction of sp³-hybridized carbons (Fsp3) is 0.123. The van der Waals surface area contributed by atoms with Crippen LogP contribution in [0.2, 0.25) is 0 Å². The van der Waals surface area contributed by atoms with E-state index in [1.807, 2.05) is 123 Å². The highest BCUT2D eigenvalue weighted by Crippen LogP contribution is 2.38. The molecule has 0 aromatic heterocycles. The summed E-state index contributed by atoms with van der Waals surface area (Å²) in [5.41, 5.74) is 13.0. The highest BCUT2D eigenvalue weighted by Gasteiger charge is 2.19. The number of anilines is 6. The summed E-state index contributed by atoms with van der Waals surface area (Å²) in [6.45, 7) is 9.17. The second kappa shape index (κ2) is 18.9. The van der Waals surface area contributed by atoms with Crippen molar-refractivity contribution in [3.63, 3.8) is 0 Å². The summed E-state index contributed by atoms with van der Waals surface area (Å²) in [7, 11) is 0. The van der Waals surface area contributed by atoms with Crippen LogP contribution in [-0.4, -0.2) is 34.7 Å². The van der Waals surface area contributed by atoms with E-state index in [2.05, 4.69) is 121 Å². The molecule has 0 aliphatic rings. The smallest absolute Gasteiger partial charge is 0.125 e. The van der Waals surface area contributed by atoms with E-state index in [4.69, 9.17) is 9.98 Å². The van der Waals surface area contributed by atoms with Crippen molar-refractivity contribution in [1.29, 1.82) is 0 Å². The zero-order chi connectivity index (χ0) is 43.8. The van der Waals surface area contributed by atoms with Crippen molar-refractivity contribution in [3.8, 4) is 33.8 Å². The Morgan fingerprint density at radius 2 is 0.651 bits per heavy atom. The van der Waals surface area contributed by atoms with E-state index in [0.29, 0.717) is 24.2 Å². The van der Waals surface area contributed by atoms with Gasteiger partial charge >= 0.3 is 0 Å². The number of para-hydroxylation sites is 4. The van der Waals surface area contributed by atoms with Crippen molar-refractivity contribution in [2.24, 2.45) is 15.4 Å². The van der Waals surface area contributed by atoms with Gasteiger partial charge in [-0.05, 0) is 133 Å². The fourth-order valence-electron chi connectivity index (χ4n) is 7.73. The number of aliphatic imine (C=N–C) groups is 2. The molecule has 312 valence electrons. The van der Waals surface area contributed by atoms with Gasteiger partial charge in [0, 0.05) is 75.2 Å². The third kappa shape index (κ3) is 9.93. The Bertz CT molecular complexity index is 2550.